The number of nitrogens with two attached hydrogens (primary N) is 1. The van der Waals surface area contributed by atoms with Crippen LogP contribution in [-0.4, -0.2) is 30.4 Å². The van der Waals surface area contributed by atoms with Crippen LogP contribution in [0.1, 0.15) is 29.4 Å². The van der Waals surface area contributed by atoms with Crippen LogP contribution in [0.2, 0.25) is 0 Å². The van der Waals surface area contributed by atoms with Crippen molar-refractivity contribution < 1.29 is 9.18 Å². The standard InChI is InChI=1S/C21H23FN2O/c22-17-8-6-15(7-9-17)18-10-19(18)21(25)24-12-16(11-23)20(13-24)14-4-2-1-3-5-14/h1-9,16,18-20H,10-13,23H2/t16-,18?,19?,20+/m1/s1. The Bertz CT molecular complexity index is 746. The Hall–Kier alpha value is -2.20. The number of rotatable bonds is 4. The molecule has 0 bridgehead atoms. The fourth-order valence-electron chi connectivity index (χ4n) is 4.15. The molecule has 1 aliphatic heterocycles. The predicted molar refractivity (Wildman–Crippen MR) is 95.6 cm³/mol. The molecule has 2 aromatic rings. The molecule has 1 saturated carbocycles. The lowest BCUT2D eigenvalue weighted by molar-refractivity contribution is -0.131. The van der Waals surface area contributed by atoms with Crippen molar-refractivity contribution in [3.63, 3.8) is 0 Å². The molecule has 130 valence electrons. The van der Waals surface area contributed by atoms with Crippen molar-refractivity contribution in [1.29, 1.82) is 0 Å². The van der Waals surface area contributed by atoms with Gasteiger partial charge in [0.1, 0.15) is 5.82 Å². The van der Waals surface area contributed by atoms with Gasteiger partial charge in [0.05, 0.1) is 0 Å². The van der Waals surface area contributed by atoms with Crippen LogP contribution in [-0.2, 0) is 4.79 Å². The molecule has 2 aliphatic rings. The van der Waals surface area contributed by atoms with Crippen molar-refractivity contribution >= 4 is 5.91 Å². The summed E-state index contributed by atoms with van der Waals surface area (Å²) in [5.41, 5.74) is 8.30. The summed E-state index contributed by atoms with van der Waals surface area (Å²) in [6.07, 6.45) is 0.865. The summed E-state index contributed by atoms with van der Waals surface area (Å²) in [6.45, 7) is 2.08. The lowest BCUT2D eigenvalue weighted by Gasteiger charge is -2.17. The van der Waals surface area contributed by atoms with Crippen molar-refractivity contribution in [1.82, 2.24) is 4.90 Å². The van der Waals surface area contributed by atoms with Gasteiger partial charge in [-0.15, -0.1) is 0 Å². The fourth-order valence-corrected chi connectivity index (χ4v) is 4.15. The van der Waals surface area contributed by atoms with Gasteiger partial charge in [-0.1, -0.05) is 42.5 Å². The van der Waals surface area contributed by atoms with E-state index >= 15 is 0 Å². The molecule has 1 heterocycles. The van der Waals surface area contributed by atoms with Crippen LogP contribution in [0.3, 0.4) is 0 Å². The van der Waals surface area contributed by atoms with Gasteiger partial charge in [-0.3, -0.25) is 4.79 Å². The number of benzene rings is 2. The number of nitrogens with zero attached hydrogens (tertiary/aromatic N) is 1. The molecule has 2 unspecified atom stereocenters. The molecule has 1 aliphatic carbocycles. The number of carbonyl (C=O) groups is 1. The van der Waals surface area contributed by atoms with Crippen LogP contribution in [0.4, 0.5) is 4.39 Å². The lowest BCUT2D eigenvalue weighted by atomic mass is 9.89. The molecule has 4 atom stereocenters. The number of carbonyl (C=O) groups excluding carboxylic acids is 1. The van der Waals surface area contributed by atoms with Crippen LogP contribution in [0.25, 0.3) is 0 Å². The van der Waals surface area contributed by atoms with Gasteiger partial charge < -0.3 is 10.6 Å². The Morgan fingerprint density at radius 3 is 2.36 bits per heavy atom. The predicted octanol–water partition coefficient (Wildman–Crippen LogP) is 3.13. The highest BCUT2D eigenvalue weighted by molar-refractivity contribution is 5.83. The van der Waals surface area contributed by atoms with E-state index in [1.54, 1.807) is 12.1 Å². The molecule has 0 aromatic heterocycles. The summed E-state index contributed by atoms with van der Waals surface area (Å²) in [7, 11) is 0. The molecule has 25 heavy (non-hydrogen) atoms. The van der Waals surface area contributed by atoms with Crippen molar-refractivity contribution in [2.75, 3.05) is 19.6 Å². The van der Waals surface area contributed by atoms with Crippen molar-refractivity contribution in [2.45, 2.75) is 18.3 Å². The van der Waals surface area contributed by atoms with Crippen LogP contribution < -0.4 is 5.73 Å². The van der Waals surface area contributed by atoms with Crippen molar-refractivity contribution in [3.05, 3.63) is 71.5 Å². The second kappa shape index (κ2) is 6.60. The van der Waals surface area contributed by atoms with Crippen LogP contribution in [0.15, 0.2) is 54.6 Å². The molecule has 2 N–H and O–H groups in total. The summed E-state index contributed by atoms with van der Waals surface area (Å²) in [5.74, 6) is 0.903. The van der Waals surface area contributed by atoms with E-state index in [-0.39, 0.29) is 23.6 Å². The van der Waals surface area contributed by atoms with Crippen LogP contribution in [0.5, 0.6) is 0 Å². The van der Waals surface area contributed by atoms with Crippen LogP contribution >= 0.6 is 0 Å². The average molecular weight is 338 g/mol. The summed E-state index contributed by atoms with van der Waals surface area (Å²) < 4.78 is 13.1. The molecular formula is C21H23FN2O. The van der Waals surface area contributed by atoms with E-state index in [2.05, 4.69) is 12.1 Å². The lowest BCUT2D eigenvalue weighted by Crippen LogP contribution is -2.31. The van der Waals surface area contributed by atoms with E-state index in [4.69, 9.17) is 5.73 Å². The van der Waals surface area contributed by atoms with Gasteiger partial charge in [0.25, 0.3) is 0 Å². The number of hydrogen-bond acceptors (Lipinski definition) is 2. The highest BCUT2D eigenvalue weighted by Crippen LogP contribution is 2.49. The summed E-state index contributed by atoms with van der Waals surface area (Å²) >= 11 is 0. The summed E-state index contributed by atoms with van der Waals surface area (Å²) in [6, 6.07) is 16.9. The second-order valence-corrected chi connectivity index (χ2v) is 7.26. The van der Waals surface area contributed by atoms with Gasteiger partial charge in [0.15, 0.2) is 0 Å². The molecule has 0 radical (unpaired) electrons. The van der Waals surface area contributed by atoms with E-state index in [1.807, 2.05) is 23.1 Å². The van der Waals surface area contributed by atoms with Crippen molar-refractivity contribution in [2.24, 2.45) is 17.6 Å². The number of amides is 1. The van der Waals surface area contributed by atoms with Gasteiger partial charge in [0.2, 0.25) is 5.91 Å². The molecule has 2 aromatic carbocycles. The van der Waals surface area contributed by atoms with Gasteiger partial charge in [-0.05, 0) is 48.1 Å². The Morgan fingerprint density at radius 1 is 1.00 bits per heavy atom. The third-order valence-corrected chi connectivity index (χ3v) is 5.69. The zero-order valence-corrected chi connectivity index (χ0v) is 14.1. The molecule has 1 saturated heterocycles. The van der Waals surface area contributed by atoms with E-state index < -0.39 is 0 Å². The van der Waals surface area contributed by atoms with Crippen LogP contribution in [0, 0.1) is 17.7 Å². The van der Waals surface area contributed by atoms with Gasteiger partial charge in [-0.2, -0.15) is 0 Å². The minimum Gasteiger partial charge on any atom is -0.341 e. The topological polar surface area (TPSA) is 46.3 Å². The first-order valence-corrected chi connectivity index (χ1v) is 8.96. The Morgan fingerprint density at radius 2 is 1.68 bits per heavy atom. The average Bonchev–Trinajstić information content (AvgIpc) is 3.33. The summed E-state index contributed by atoms with van der Waals surface area (Å²) in [4.78, 5) is 14.9. The smallest absolute Gasteiger partial charge is 0.226 e. The minimum atomic E-state index is -0.233. The van der Waals surface area contributed by atoms with E-state index in [1.165, 1.54) is 17.7 Å². The zero-order chi connectivity index (χ0) is 17.4. The Kier molecular flexibility index (Phi) is 4.30. The van der Waals surface area contributed by atoms with E-state index in [9.17, 15) is 9.18 Å². The second-order valence-electron chi connectivity index (χ2n) is 7.26. The first-order valence-electron chi connectivity index (χ1n) is 8.96. The highest BCUT2D eigenvalue weighted by Gasteiger charge is 2.48. The molecule has 0 spiro atoms. The monoisotopic (exact) mass is 338 g/mol. The van der Waals surface area contributed by atoms with E-state index in [0.717, 1.165) is 25.1 Å². The summed E-state index contributed by atoms with van der Waals surface area (Å²) in [5, 5.41) is 0. The maximum absolute atomic E-state index is 13.1. The largest absolute Gasteiger partial charge is 0.341 e. The first kappa shape index (κ1) is 16.3. The molecule has 1 amide bonds. The van der Waals surface area contributed by atoms with E-state index in [0.29, 0.717) is 18.4 Å². The zero-order valence-electron chi connectivity index (χ0n) is 14.1. The quantitative estimate of drug-likeness (QED) is 0.931. The Labute approximate surface area is 147 Å². The third-order valence-electron chi connectivity index (χ3n) is 5.69. The minimum absolute atomic E-state index is 0.0402. The normalized spacial score (nSPS) is 28.2. The third kappa shape index (κ3) is 3.19. The maximum Gasteiger partial charge on any atom is 0.226 e. The molecule has 2 fully saturated rings. The molecule has 4 heteroatoms. The molecular weight excluding hydrogens is 315 g/mol. The maximum atomic E-state index is 13.1. The number of likely N-dealkylation sites (tertiary alicyclic amines) is 1. The Balaban J connectivity index is 1.44. The fraction of sp³-hybridized carbons (Fsp3) is 0.381. The first-order chi connectivity index (χ1) is 12.2. The molecule has 3 nitrogen and oxygen atoms in total. The number of hydrogen-bond donors (Lipinski definition) is 1. The molecule has 4 rings (SSSR count). The van der Waals surface area contributed by atoms with Gasteiger partial charge in [0, 0.05) is 24.9 Å². The highest BCUT2D eigenvalue weighted by atomic mass is 19.1. The van der Waals surface area contributed by atoms with Gasteiger partial charge in [-0.25, -0.2) is 4.39 Å². The van der Waals surface area contributed by atoms with Crippen molar-refractivity contribution in [3.8, 4) is 0 Å². The van der Waals surface area contributed by atoms with Gasteiger partial charge >= 0.3 is 0 Å². The number of halogens is 1. The SMILES string of the molecule is NC[C@@H]1CN(C(=O)C2CC2c2ccc(F)cc2)C[C@H]1c1ccccc1.